The van der Waals surface area contributed by atoms with Gasteiger partial charge in [-0.25, -0.2) is 8.42 Å². The molecule has 0 atom stereocenters. The molecule has 0 heterocycles. The van der Waals surface area contributed by atoms with Gasteiger partial charge in [-0.05, 0) is 35.9 Å². The van der Waals surface area contributed by atoms with Crippen molar-refractivity contribution in [3.05, 3.63) is 67.6 Å². The van der Waals surface area contributed by atoms with Crippen LogP contribution in [-0.4, -0.2) is 20.0 Å². The molecule has 0 aliphatic rings. The van der Waals surface area contributed by atoms with Crippen LogP contribution in [0.15, 0.2) is 40.9 Å². The maximum atomic E-state index is 12.6. The van der Waals surface area contributed by atoms with Gasteiger partial charge in [-0.2, -0.15) is 0 Å². The van der Waals surface area contributed by atoms with E-state index >= 15 is 0 Å². The van der Waals surface area contributed by atoms with E-state index in [-0.39, 0.29) is 17.3 Å². The van der Waals surface area contributed by atoms with Crippen molar-refractivity contribution < 1.29 is 13.2 Å². The van der Waals surface area contributed by atoms with Gasteiger partial charge in [0.05, 0.1) is 10.8 Å². The predicted molar refractivity (Wildman–Crippen MR) is 97.2 cm³/mol. The average Bonchev–Trinajstić information content (AvgIpc) is 2.49. The summed E-state index contributed by atoms with van der Waals surface area (Å²) < 4.78 is 23.9. The van der Waals surface area contributed by atoms with Crippen molar-refractivity contribution in [2.45, 2.75) is 12.7 Å². The minimum Gasteiger partial charge on any atom is -0.289 e. The second-order valence-corrected chi connectivity index (χ2v) is 9.00. The number of hydrogen-bond acceptors (Lipinski definition) is 3. The Kier molecular flexibility index (Phi) is 5.89. The lowest BCUT2D eigenvalue weighted by Crippen LogP contribution is -2.08. The quantitative estimate of drug-likeness (QED) is 0.626. The molecule has 0 bridgehead atoms. The molecule has 0 amide bonds. The highest BCUT2D eigenvalue weighted by Gasteiger charge is 2.17. The van der Waals surface area contributed by atoms with Gasteiger partial charge in [0.1, 0.15) is 0 Å². The van der Waals surface area contributed by atoms with Crippen LogP contribution in [0.3, 0.4) is 0 Å². The Balaban J connectivity index is 2.38. The van der Waals surface area contributed by atoms with Crippen LogP contribution < -0.4 is 0 Å². The molecule has 0 N–H and O–H groups in total. The molecule has 3 nitrogen and oxygen atoms in total. The van der Waals surface area contributed by atoms with Gasteiger partial charge in [-0.1, -0.05) is 52.1 Å². The third kappa shape index (κ3) is 4.57. The van der Waals surface area contributed by atoms with E-state index in [2.05, 4.69) is 15.9 Å². The van der Waals surface area contributed by atoms with Crippen molar-refractivity contribution in [2.24, 2.45) is 0 Å². The Hall–Kier alpha value is -0.880. The van der Waals surface area contributed by atoms with Crippen molar-refractivity contribution in [3.63, 3.8) is 0 Å². The smallest absolute Gasteiger partial charge is 0.195 e. The summed E-state index contributed by atoms with van der Waals surface area (Å²) in [6.07, 6.45) is 0. The lowest BCUT2D eigenvalue weighted by Gasteiger charge is -2.09. The van der Waals surface area contributed by atoms with E-state index < -0.39 is 9.84 Å². The first-order chi connectivity index (χ1) is 10.7. The van der Waals surface area contributed by atoms with Crippen LogP contribution >= 0.6 is 39.1 Å². The van der Waals surface area contributed by atoms with Crippen LogP contribution in [0.25, 0.3) is 0 Å². The molecule has 0 saturated carbocycles. The van der Waals surface area contributed by atoms with Gasteiger partial charge >= 0.3 is 0 Å². The molecule has 0 saturated heterocycles. The SMILES string of the molecule is CCS(=O)(=O)Cc1ccc(C(=O)c2cc(Cl)ccc2Cl)c(Br)c1. The largest absolute Gasteiger partial charge is 0.289 e. The minimum atomic E-state index is -3.13. The summed E-state index contributed by atoms with van der Waals surface area (Å²) in [5.41, 5.74) is 1.31. The van der Waals surface area contributed by atoms with E-state index in [9.17, 15) is 13.2 Å². The fraction of sp³-hybridized carbons (Fsp3) is 0.188. The molecular weight excluding hydrogens is 423 g/mol. The molecule has 0 aliphatic heterocycles. The Morgan fingerprint density at radius 1 is 1.09 bits per heavy atom. The van der Waals surface area contributed by atoms with Gasteiger partial charge in [-0.3, -0.25) is 4.79 Å². The monoisotopic (exact) mass is 434 g/mol. The maximum Gasteiger partial charge on any atom is 0.195 e. The summed E-state index contributed by atoms with van der Waals surface area (Å²) in [4.78, 5) is 12.6. The molecule has 0 fully saturated rings. The molecule has 0 aromatic heterocycles. The minimum absolute atomic E-state index is 0.0610. The molecule has 23 heavy (non-hydrogen) atoms. The second kappa shape index (κ2) is 7.34. The first-order valence-corrected chi connectivity index (χ1v) is 10.1. The number of benzene rings is 2. The van der Waals surface area contributed by atoms with E-state index in [1.807, 2.05) is 0 Å². The van der Waals surface area contributed by atoms with Gasteiger partial charge in [0, 0.05) is 26.4 Å². The fourth-order valence-corrected chi connectivity index (χ4v) is 3.88. The highest BCUT2D eigenvalue weighted by atomic mass is 79.9. The third-order valence-corrected chi connectivity index (χ3v) is 6.15. The molecule has 2 aromatic carbocycles. The van der Waals surface area contributed by atoms with Crippen LogP contribution in [0.4, 0.5) is 0 Å². The summed E-state index contributed by atoms with van der Waals surface area (Å²) in [5, 5.41) is 0.725. The zero-order valence-corrected chi connectivity index (χ0v) is 16.1. The molecule has 0 unspecified atom stereocenters. The van der Waals surface area contributed by atoms with Gasteiger partial charge in [0.25, 0.3) is 0 Å². The lowest BCUT2D eigenvalue weighted by atomic mass is 10.0. The van der Waals surface area contributed by atoms with Crippen molar-refractivity contribution in [3.8, 4) is 0 Å². The summed E-state index contributed by atoms with van der Waals surface area (Å²) in [6.45, 7) is 1.60. The maximum absolute atomic E-state index is 12.6. The first kappa shape index (κ1) is 18.5. The van der Waals surface area contributed by atoms with Crippen molar-refractivity contribution in [1.29, 1.82) is 0 Å². The molecule has 2 rings (SSSR count). The van der Waals surface area contributed by atoms with E-state index in [1.54, 1.807) is 37.3 Å². The van der Waals surface area contributed by atoms with E-state index in [0.717, 1.165) is 0 Å². The van der Waals surface area contributed by atoms with Crippen LogP contribution in [0.1, 0.15) is 28.4 Å². The zero-order valence-electron chi connectivity index (χ0n) is 12.1. The van der Waals surface area contributed by atoms with E-state index in [0.29, 0.717) is 31.2 Å². The Bertz CT molecular complexity index is 864. The number of carbonyl (C=O) groups is 1. The van der Waals surface area contributed by atoms with Crippen molar-refractivity contribution in [2.75, 3.05) is 5.75 Å². The summed E-state index contributed by atoms with van der Waals surface area (Å²) in [5.74, 6) is -0.271. The highest BCUT2D eigenvalue weighted by Crippen LogP contribution is 2.27. The number of hydrogen-bond donors (Lipinski definition) is 0. The lowest BCUT2D eigenvalue weighted by molar-refractivity contribution is 0.103. The Labute approximate surface area is 153 Å². The molecule has 2 aromatic rings. The summed E-state index contributed by atoms with van der Waals surface area (Å²) >= 11 is 15.3. The Morgan fingerprint density at radius 3 is 2.39 bits per heavy atom. The topological polar surface area (TPSA) is 51.2 Å². The van der Waals surface area contributed by atoms with Crippen LogP contribution in [0, 0.1) is 0 Å². The van der Waals surface area contributed by atoms with Gasteiger partial charge in [0.2, 0.25) is 0 Å². The van der Waals surface area contributed by atoms with Crippen LogP contribution in [0.2, 0.25) is 10.0 Å². The van der Waals surface area contributed by atoms with Crippen LogP contribution in [-0.2, 0) is 15.6 Å². The van der Waals surface area contributed by atoms with Gasteiger partial charge in [0.15, 0.2) is 15.6 Å². The molecule has 0 spiro atoms. The highest BCUT2D eigenvalue weighted by molar-refractivity contribution is 9.10. The third-order valence-electron chi connectivity index (χ3n) is 3.28. The molecule has 0 aliphatic carbocycles. The average molecular weight is 436 g/mol. The normalized spacial score (nSPS) is 11.5. The number of sulfone groups is 1. The summed E-state index contributed by atoms with van der Waals surface area (Å²) in [6, 6.07) is 9.53. The van der Waals surface area contributed by atoms with E-state index in [1.165, 1.54) is 6.07 Å². The summed E-state index contributed by atoms with van der Waals surface area (Å²) in [7, 11) is -3.13. The first-order valence-electron chi connectivity index (χ1n) is 6.72. The van der Waals surface area contributed by atoms with Crippen molar-refractivity contribution in [1.82, 2.24) is 0 Å². The number of ketones is 1. The zero-order chi connectivity index (χ0) is 17.2. The number of halogens is 3. The van der Waals surface area contributed by atoms with Crippen molar-refractivity contribution >= 4 is 54.8 Å². The predicted octanol–water partition coefficient (Wildman–Crippen LogP) is 4.92. The van der Waals surface area contributed by atoms with Gasteiger partial charge < -0.3 is 0 Å². The number of carbonyl (C=O) groups excluding carboxylic acids is 1. The molecular formula is C16H13BrCl2O3S. The van der Waals surface area contributed by atoms with Gasteiger partial charge in [-0.15, -0.1) is 0 Å². The van der Waals surface area contributed by atoms with Crippen LogP contribution in [0.5, 0.6) is 0 Å². The van der Waals surface area contributed by atoms with E-state index in [4.69, 9.17) is 23.2 Å². The Morgan fingerprint density at radius 2 is 1.78 bits per heavy atom. The fourth-order valence-electron chi connectivity index (χ4n) is 2.01. The molecule has 0 radical (unpaired) electrons. The molecule has 7 heteroatoms. The molecule has 122 valence electrons. The second-order valence-electron chi connectivity index (χ2n) is 4.94. The standard InChI is InChI=1S/C16H13BrCl2O3S/c1-2-23(21,22)9-10-3-5-12(14(17)7-10)16(20)13-8-11(18)4-6-15(13)19/h3-8H,2,9H2,1H3. The number of rotatable bonds is 5.